The van der Waals surface area contributed by atoms with Gasteiger partial charge in [0.25, 0.3) is 0 Å². The highest BCUT2D eigenvalue weighted by atomic mass is 16.3. The molecule has 0 atom stereocenters. The third-order valence-corrected chi connectivity index (χ3v) is 9.88. The van der Waals surface area contributed by atoms with Gasteiger partial charge >= 0.3 is 0 Å². The van der Waals surface area contributed by atoms with Gasteiger partial charge in [0.1, 0.15) is 33.5 Å². The lowest BCUT2D eigenvalue weighted by Crippen LogP contribution is -1.82. The number of para-hydroxylation sites is 1. The summed E-state index contributed by atoms with van der Waals surface area (Å²) in [5, 5.41) is 6.74. The largest absolute Gasteiger partial charge is 0.456 e. The summed E-state index contributed by atoms with van der Waals surface area (Å²) in [4.78, 5) is 0. The van der Waals surface area contributed by atoms with Crippen LogP contribution >= 0.6 is 0 Å². The summed E-state index contributed by atoms with van der Waals surface area (Å²) in [6.07, 6.45) is 0.960. The maximum absolute atomic E-state index is 6.36. The highest BCUT2D eigenvalue weighted by molar-refractivity contribution is 6.15. The first kappa shape index (κ1) is 24.3. The number of fused-ring (bicyclic) bond motifs is 12. The molecule has 0 bridgehead atoms. The molecule has 214 valence electrons. The fourth-order valence-corrected chi connectivity index (χ4v) is 7.64. The van der Waals surface area contributed by atoms with E-state index >= 15 is 0 Å². The summed E-state index contributed by atoms with van der Waals surface area (Å²) < 4.78 is 18.8. The standard InChI is InChI=1S/C43H24O3/c1-2-9-30-28(6-1)17-29-20-41-36(21-32(29)30)33-18-26(12-14-39(33)45-41)24-7-5-8-25(16-24)27-13-15-40-34(19-27)37-22-35-31-10-3-4-11-38(31)44-42(35)23-43(37)46-40/h1-16,18-23H,17H2. The Morgan fingerprint density at radius 3 is 1.63 bits per heavy atom. The van der Waals surface area contributed by atoms with Gasteiger partial charge in [0.05, 0.1) is 0 Å². The molecule has 3 aromatic heterocycles. The Hall–Kier alpha value is -6.06. The highest BCUT2D eigenvalue weighted by Crippen LogP contribution is 2.43. The molecule has 0 N–H and O–H groups in total. The summed E-state index contributed by atoms with van der Waals surface area (Å²) in [5.41, 5.74) is 15.4. The topological polar surface area (TPSA) is 39.4 Å². The Kier molecular flexibility index (Phi) is 4.63. The van der Waals surface area contributed by atoms with Gasteiger partial charge in [0.2, 0.25) is 0 Å². The predicted molar refractivity (Wildman–Crippen MR) is 187 cm³/mol. The van der Waals surface area contributed by atoms with E-state index in [4.69, 9.17) is 13.3 Å². The first-order valence-corrected chi connectivity index (χ1v) is 15.7. The van der Waals surface area contributed by atoms with Crippen LogP contribution < -0.4 is 0 Å². The van der Waals surface area contributed by atoms with Crippen molar-refractivity contribution < 1.29 is 13.3 Å². The van der Waals surface area contributed by atoms with Crippen molar-refractivity contribution in [1.29, 1.82) is 0 Å². The molecule has 0 saturated carbocycles. The van der Waals surface area contributed by atoms with E-state index in [2.05, 4.69) is 115 Å². The summed E-state index contributed by atoms with van der Waals surface area (Å²) in [5.74, 6) is 0. The van der Waals surface area contributed by atoms with Gasteiger partial charge < -0.3 is 13.3 Å². The first-order valence-electron chi connectivity index (χ1n) is 15.7. The second-order valence-corrected chi connectivity index (χ2v) is 12.5. The van der Waals surface area contributed by atoms with Crippen molar-refractivity contribution in [3.05, 3.63) is 145 Å². The van der Waals surface area contributed by atoms with Gasteiger partial charge in [-0.1, -0.05) is 72.8 Å². The van der Waals surface area contributed by atoms with E-state index in [1.165, 1.54) is 38.8 Å². The first-order chi connectivity index (χ1) is 22.7. The van der Waals surface area contributed by atoms with Gasteiger partial charge in [0, 0.05) is 38.4 Å². The smallest absolute Gasteiger partial charge is 0.139 e. The molecular formula is C43H24O3. The minimum Gasteiger partial charge on any atom is -0.456 e. The average Bonchev–Trinajstić information content (AvgIpc) is 3.85. The van der Waals surface area contributed by atoms with Crippen molar-refractivity contribution >= 4 is 65.8 Å². The van der Waals surface area contributed by atoms with Crippen LogP contribution in [0.1, 0.15) is 11.1 Å². The Labute approximate surface area is 262 Å². The quantitative estimate of drug-likeness (QED) is 0.202. The summed E-state index contributed by atoms with van der Waals surface area (Å²) in [6, 6.07) is 47.5. The molecule has 0 unspecified atom stereocenters. The molecule has 0 fully saturated rings. The molecule has 7 aromatic carbocycles. The molecule has 1 aliphatic carbocycles. The summed E-state index contributed by atoms with van der Waals surface area (Å²) in [7, 11) is 0. The molecule has 0 spiro atoms. The highest BCUT2D eigenvalue weighted by Gasteiger charge is 2.21. The van der Waals surface area contributed by atoms with E-state index in [0.29, 0.717) is 0 Å². The SMILES string of the molecule is c1cc(-c2ccc3oc4cc5c(cc4c3c2)-c2ccccc2C5)cc(-c2ccc3oc4cc5oc6ccccc6c5cc4c3c2)c1. The van der Waals surface area contributed by atoms with Crippen molar-refractivity contribution in [2.24, 2.45) is 0 Å². The molecule has 0 aliphatic heterocycles. The van der Waals surface area contributed by atoms with Crippen LogP contribution in [-0.4, -0.2) is 0 Å². The molecule has 0 amide bonds. The number of benzene rings is 7. The van der Waals surface area contributed by atoms with Crippen LogP contribution in [0.3, 0.4) is 0 Å². The number of hydrogen-bond acceptors (Lipinski definition) is 3. The summed E-state index contributed by atoms with van der Waals surface area (Å²) in [6.45, 7) is 0. The van der Waals surface area contributed by atoms with E-state index in [-0.39, 0.29) is 0 Å². The minimum absolute atomic E-state index is 0.835. The zero-order chi connectivity index (χ0) is 29.9. The van der Waals surface area contributed by atoms with Crippen LogP contribution in [0.25, 0.3) is 99.2 Å². The van der Waals surface area contributed by atoms with E-state index in [1.807, 2.05) is 18.2 Å². The van der Waals surface area contributed by atoms with Crippen molar-refractivity contribution in [2.75, 3.05) is 0 Å². The maximum Gasteiger partial charge on any atom is 0.139 e. The minimum atomic E-state index is 0.835. The monoisotopic (exact) mass is 588 g/mol. The van der Waals surface area contributed by atoms with Crippen LogP contribution in [0.15, 0.2) is 147 Å². The van der Waals surface area contributed by atoms with Gasteiger partial charge in [-0.05, 0) is 106 Å². The van der Waals surface area contributed by atoms with Gasteiger partial charge in [-0.2, -0.15) is 0 Å². The zero-order valence-corrected chi connectivity index (χ0v) is 24.6. The van der Waals surface area contributed by atoms with Crippen molar-refractivity contribution in [3.63, 3.8) is 0 Å². The molecule has 3 heterocycles. The second-order valence-electron chi connectivity index (χ2n) is 12.5. The fraction of sp³-hybridized carbons (Fsp3) is 0.0233. The molecule has 10 aromatic rings. The lowest BCUT2D eigenvalue weighted by atomic mass is 9.96. The van der Waals surface area contributed by atoms with Gasteiger partial charge in [-0.25, -0.2) is 0 Å². The molecule has 46 heavy (non-hydrogen) atoms. The Morgan fingerprint density at radius 2 is 0.870 bits per heavy atom. The van der Waals surface area contributed by atoms with Gasteiger partial charge in [-0.15, -0.1) is 0 Å². The third-order valence-electron chi connectivity index (χ3n) is 9.88. The number of furan rings is 3. The molecule has 11 rings (SSSR count). The van der Waals surface area contributed by atoms with Crippen molar-refractivity contribution in [2.45, 2.75) is 6.42 Å². The Balaban J connectivity index is 1.03. The van der Waals surface area contributed by atoms with E-state index in [1.54, 1.807) is 0 Å². The van der Waals surface area contributed by atoms with Gasteiger partial charge in [0.15, 0.2) is 0 Å². The molecule has 3 heteroatoms. The van der Waals surface area contributed by atoms with Crippen LogP contribution in [0.4, 0.5) is 0 Å². The molecule has 0 radical (unpaired) electrons. The van der Waals surface area contributed by atoms with Crippen LogP contribution in [-0.2, 0) is 6.42 Å². The third kappa shape index (κ3) is 3.37. The molecule has 1 aliphatic rings. The fourth-order valence-electron chi connectivity index (χ4n) is 7.64. The van der Waals surface area contributed by atoms with Crippen LogP contribution in [0, 0.1) is 0 Å². The lowest BCUT2D eigenvalue weighted by Gasteiger charge is -2.07. The summed E-state index contributed by atoms with van der Waals surface area (Å²) >= 11 is 0. The number of rotatable bonds is 2. The van der Waals surface area contributed by atoms with Crippen molar-refractivity contribution in [1.82, 2.24) is 0 Å². The van der Waals surface area contributed by atoms with Crippen LogP contribution in [0.2, 0.25) is 0 Å². The molecule has 0 saturated heterocycles. The Bertz CT molecular complexity index is 2890. The maximum atomic E-state index is 6.36. The van der Waals surface area contributed by atoms with E-state index < -0.39 is 0 Å². The van der Waals surface area contributed by atoms with E-state index in [9.17, 15) is 0 Å². The second kappa shape index (κ2) is 8.77. The average molecular weight is 589 g/mol. The lowest BCUT2D eigenvalue weighted by molar-refractivity contribution is 0.656. The molecule has 3 nitrogen and oxygen atoms in total. The van der Waals surface area contributed by atoms with E-state index in [0.717, 1.165) is 78.0 Å². The van der Waals surface area contributed by atoms with Crippen LogP contribution in [0.5, 0.6) is 0 Å². The van der Waals surface area contributed by atoms with Crippen molar-refractivity contribution in [3.8, 4) is 33.4 Å². The predicted octanol–water partition coefficient (Wildman–Crippen LogP) is 12.3. The molecular weight excluding hydrogens is 564 g/mol. The Morgan fingerprint density at radius 1 is 0.304 bits per heavy atom. The van der Waals surface area contributed by atoms with Gasteiger partial charge in [-0.3, -0.25) is 0 Å². The number of hydrogen-bond donors (Lipinski definition) is 0. The zero-order valence-electron chi connectivity index (χ0n) is 24.6. The normalized spacial score (nSPS) is 12.7.